The lowest BCUT2D eigenvalue weighted by molar-refractivity contribution is -0.126. The molecule has 1 saturated heterocycles. The molecule has 3 aromatic rings. The number of aromatic nitrogens is 3. The Morgan fingerprint density at radius 1 is 1.18 bits per heavy atom. The number of aliphatic hydroxyl groups is 1. The summed E-state index contributed by atoms with van der Waals surface area (Å²) in [6.07, 6.45) is 4.84. The summed E-state index contributed by atoms with van der Waals surface area (Å²) in [6.45, 7) is 13.5. The number of hydrogen-bond acceptors (Lipinski definition) is 9. The minimum Gasteiger partial charge on any atom is -0.490 e. The van der Waals surface area contributed by atoms with Gasteiger partial charge in [-0.2, -0.15) is 4.98 Å². The number of ether oxygens (including phenoxy) is 2. The van der Waals surface area contributed by atoms with Crippen molar-refractivity contribution in [2.24, 2.45) is 11.8 Å². The molecule has 7 rings (SSSR count). The summed E-state index contributed by atoms with van der Waals surface area (Å²) in [5.74, 6) is -0.940. The van der Waals surface area contributed by atoms with Gasteiger partial charge in [-0.3, -0.25) is 4.79 Å². The van der Waals surface area contributed by atoms with Crippen LogP contribution >= 0.6 is 0 Å². The molecular formula is C38H44F2N6O5. The molecule has 1 aliphatic carbocycles. The zero-order valence-corrected chi connectivity index (χ0v) is 29.4. The van der Waals surface area contributed by atoms with E-state index in [4.69, 9.17) is 14.5 Å². The first-order valence-electron chi connectivity index (χ1n) is 17.7. The van der Waals surface area contributed by atoms with Gasteiger partial charge in [0.1, 0.15) is 41.9 Å². The molecule has 1 N–H and O–H groups in total. The number of carbonyl (C=O) groups excluding carboxylic acids is 1. The van der Waals surface area contributed by atoms with Gasteiger partial charge < -0.3 is 29.3 Å². The second kappa shape index (κ2) is 13.8. The van der Waals surface area contributed by atoms with Crippen molar-refractivity contribution in [1.82, 2.24) is 24.3 Å². The average Bonchev–Trinajstić information content (AvgIpc) is 3.93. The topological polar surface area (TPSA) is 113 Å². The van der Waals surface area contributed by atoms with Crippen LogP contribution in [0.15, 0.2) is 59.6 Å². The van der Waals surface area contributed by atoms with E-state index in [0.717, 1.165) is 12.8 Å². The summed E-state index contributed by atoms with van der Waals surface area (Å²) >= 11 is 0. The van der Waals surface area contributed by atoms with Gasteiger partial charge in [0, 0.05) is 44.0 Å². The third kappa shape index (κ3) is 6.53. The standard InChI is InChI=1S/C38H44F2N6O5/c1-6-31(47)44-14-15-45(22(4)18-44)36-26-16-28(40)33-32-27(39)8-7-9-29(32)51-20-30(50-19-24-10-11-24)35(48)25-12-13-43(17-21(2)3)23(5)34(25)46(37(26)41-33)38(49)42-36/h6-9,12-13,16,21-24,30,35,48H,1,10-11,14-15,17-20H2,2-5H3/t22-,23+,30?,35?/m0/s1. The second-order valence-corrected chi connectivity index (χ2v) is 14.4. The second-order valence-electron chi connectivity index (χ2n) is 14.4. The van der Waals surface area contributed by atoms with E-state index in [2.05, 4.69) is 30.3 Å². The van der Waals surface area contributed by atoms with Crippen LogP contribution in [0.3, 0.4) is 0 Å². The minimum atomic E-state index is -1.26. The Balaban J connectivity index is 1.50. The summed E-state index contributed by atoms with van der Waals surface area (Å²) in [6, 6.07) is 4.65. The van der Waals surface area contributed by atoms with E-state index in [-0.39, 0.29) is 58.3 Å². The Labute approximate surface area is 295 Å². The van der Waals surface area contributed by atoms with Crippen LogP contribution in [0.2, 0.25) is 0 Å². The van der Waals surface area contributed by atoms with Gasteiger partial charge in [0.15, 0.2) is 11.5 Å². The quantitative estimate of drug-likeness (QED) is 0.354. The number of piperazine rings is 1. The number of rotatable bonds is 7. The van der Waals surface area contributed by atoms with Crippen LogP contribution in [0.5, 0.6) is 5.75 Å². The molecule has 1 amide bonds. The zero-order valence-electron chi connectivity index (χ0n) is 29.4. The molecule has 2 unspecified atom stereocenters. The normalized spacial score (nSPS) is 23.6. The molecule has 4 atom stereocenters. The Morgan fingerprint density at radius 3 is 2.67 bits per heavy atom. The van der Waals surface area contributed by atoms with E-state index in [1.54, 1.807) is 11.0 Å². The summed E-state index contributed by atoms with van der Waals surface area (Å²) in [5, 5.41) is 12.4. The van der Waals surface area contributed by atoms with Crippen LogP contribution < -0.4 is 15.3 Å². The number of benzene rings is 1. The average molecular weight is 703 g/mol. The summed E-state index contributed by atoms with van der Waals surface area (Å²) in [4.78, 5) is 41.9. The molecule has 3 aliphatic heterocycles. The molecule has 13 heteroatoms. The van der Waals surface area contributed by atoms with E-state index < -0.39 is 35.6 Å². The number of fused-ring (bicyclic) bond motifs is 4. The molecule has 2 bridgehead atoms. The largest absolute Gasteiger partial charge is 0.490 e. The Kier molecular flexibility index (Phi) is 9.44. The molecule has 11 nitrogen and oxygen atoms in total. The number of anilines is 1. The van der Waals surface area contributed by atoms with E-state index in [0.29, 0.717) is 50.0 Å². The lowest BCUT2D eigenvalue weighted by Gasteiger charge is -2.41. The van der Waals surface area contributed by atoms with Crippen LogP contribution in [0, 0.1) is 23.5 Å². The highest BCUT2D eigenvalue weighted by Crippen LogP contribution is 2.39. The molecule has 5 heterocycles. The van der Waals surface area contributed by atoms with Gasteiger partial charge >= 0.3 is 5.69 Å². The van der Waals surface area contributed by atoms with E-state index in [1.165, 1.54) is 34.9 Å². The van der Waals surface area contributed by atoms with E-state index in [9.17, 15) is 14.7 Å². The maximum Gasteiger partial charge on any atom is 0.355 e. The first-order valence-corrected chi connectivity index (χ1v) is 17.7. The fraction of sp³-hybridized carbons (Fsp3) is 0.474. The number of carbonyl (C=O) groups is 1. The fourth-order valence-electron chi connectivity index (χ4n) is 7.32. The highest BCUT2D eigenvalue weighted by Gasteiger charge is 2.37. The molecule has 4 aliphatic rings. The van der Waals surface area contributed by atoms with Gasteiger partial charge in [0.2, 0.25) is 5.91 Å². The monoisotopic (exact) mass is 702 g/mol. The summed E-state index contributed by atoms with van der Waals surface area (Å²) < 4.78 is 46.1. The lowest BCUT2D eigenvalue weighted by Crippen LogP contribution is -2.54. The zero-order chi connectivity index (χ0) is 36.1. The molecule has 51 heavy (non-hydrogen) atoms. The molecule has 270 valence electrons. The number of nitrogens with zero attached hydrogens (tertiary/aromatic N) is 6. The van der Waals surface area contributed by atoms with Crippen LogP contribution in [0.25, 0.3) is 28.0 Å². The van der Waals surface area contributed by atoms with Crippen molar-refractivity contribution in [2.75, 3.05) is 44.3 Å². The van der Waals surface area contributed by atoms with E-state index >= 15 is 8.78 Å². The highest BCUT2D eigenvalue weighted by atomic mass is 19.1. The number of hydrogen-bond donors (Lipinski definition) is 1. The number of amides is 1. The van der Waals surface area contributed by atoms with Gasteiger partial charge in [-0.25, -0.2) is 23.1 Å². The smallest absolute Gasteiger partial charge is 0.355 e. The van der Waals surface area contributed by atoms with Crippen molar-refractivity contribution in [1.29, 1.82) is 0 Å². The lowest BCUT2D eigenvalue weighted by atomic mass is 9.94. The molecule has 0 spiro atoms. The summed E-state index contributed by atoms with van der Waals surface area (Å²) in [7, 11) is 0. The van der Waals surface area contributed by atoms with Crippen LogP contribution in [-0.4, -0.2) is 99.0 Å². The van der Waals surface area contributed by atoms with Crippen molar-refractivity contribution in [3.05, 3.63) is 76.9 Å². The SMILES string of the molecule is C=CC(=O)N1CCN(c2nc(=O)n3c4nc(c(F)cc24)-c2c(F)cccc2OCC(OCC2CC2)C(O)C2=C3[C@@H](C)N(CC(C)C)C=C2)[C@@H](C)C1. The highest BCUT2D eigenvalue weighted by molar-refractivity contribution is 5.92. The Hall–Kier alpha value is -4.62. The maximum absolute atomic E-state index is 16.5. The van der Waals surface area contributed by atoms with Crippen molar-refractivity contribution in [3.63, 3.8) is 0 Å². The first kappa shape index (κ1) is 34.8. The van der Waals surface area contributed by atoms with E-state index in [1.807, 2.05) is 24.9 Å². The van der Waals surface area contributed by atoms with Crippen LogP contribution in [-0.2, 0) is 9.53 Å². The minimum absolute atomic E-state index is 0.0261. The molecule has 1 aromatic carbocycles. The number of pyridine rings is 1. The van der Waals surface area contributed by atoms with Gasteiger partial charge in [-0.15, -0.1) is 0 Å². The van der Waals surface area contributed by atoms with Crippen molar-refractivity contribution < 1.29 is 28.2 Å². The van der Waals surface area contributed by atoms with Gasteiger partial charge in [0.25, 0.3) is 0 Å². The first-order chi connectivity index (χ1) is 24.5. The number of halogens is 2. The third-order valence-electron chi connectivity index (χ3n) is 10.2. The Bertz CT molecular complexity index is 1990. The van der Waals surface area contributed by atoms with Crippen molar-refractivity contribution in [3.8, 4) is 17.0 Å². The van der Waals surface area contributed by atoms with Crippen LogP contribution in [0.1, 0.15) is 40.5 Å². The predicted molar refractivity (Wildman–Crippen MR) is 190 cm³/mol. The third-order valence-corrected chi connectivity index (χ3v) is 10.2. The van der Waals surface area contributed by atoms with Crippen molar-refractivity contribution in [2.45, 2.75) is 64.8 Å². The molecule has 0 radical (unpaired) electrons. The predicted octanol–water partition coefficient (Wildman–Crippen LogP) is 4.59. The number of aliphatic hydroxyl groups excluding tert-OH is 1. The summed E-state index contributed by atoms with van der Waals surface area (Å²) in [5.41, 5.74) is -0.344. The van der Waals surface area contributed by atoms with Gasteiger partial charge in [-0.1, -0.05) is 26.5 Å². The molecule has 1 saturated carbocycles. The van der Waals surface area contributed by atoms with Crippen LogP contribution in [0.4, 0.5) is 14.6 Å². The molecule has 2 aromatic heterocycles. The van der Waals surface area contributed by atoms with Crippen molar-refractivity contribution >= 4 is 28.5 Å². The molecule has 2 fully saturated rings. The fourth-order valence-corrected chi connectivity index (χ4v) is 7.32. The van der Waals surface area contributed by atoms with Gasteiger partial charge in [0.05, 0.1) is 29.3 Å². The maximum atomic E-state index is 16.5. The molecular weight excluding hydrogens is 658 g/mol. The van der Waals surface area contributed by atoms with Gasteiger partial charge in [-0.05, 0) is 68.9 Å². The Morgan fingerprint density at radius 2 is 1.96 bits per heavy atom.